The molecule has 1 amide bonds. The number of aromatic amines is 2. The first-order valence-corrected chi connectivity index (χ1v) is 6.73. The largest absolute Gasteiger partial charge is 0.396 e. The first-order chi connectivity index (χ1) is 9.53. The molecule has 0 spiro atoms. The number of amides is 1. The standard InChI is InChI=1S/C13H19N3O4/c17-8-13(3-1-2-4-13)7-14-10(18)5-9-6-11(19)16-12(20)15-9/h6,17H,1-5,7-8H2,(H,14,18)(H2,15,16,19,20). The van der Waals surface area contributed by atoms with Crippen LogP contribution in [0.3, 0.4) is 0 Å². The molecule has 2 rings (SSSR count). The molecule has 20 heavy (non-hydrogen) atoms. The Morgan fingerprint density at radius 2 is 2.00 bits per heavy atom. The predicted octanol–water partition coefficient (Wildman–Crippen LogP) is -0.725. The molecule has 1 saturated carbocycles. The van der Waals surface area contributed by atoms with E-state index in [1.165, 1.54) is 6.07 Å². The van der Waals surface area contributed by atoms with Crippen LogP contribution in [0.25, 0.3) is 0 Å². The third kappa shape index (κ3) is 3.57. The van der Waals surface area contributed by atoms with Gasteiger partial charge in [0.2, 0.25) is 5.91 Å². The van der Waals surface area contributed by atoms with Crippen molar-refractivity contribution in [3.8, 4) is 0 Å². The van der Waals surface area contributed by atoms with Gasteiger partial charge in [-0.2, -0.15) is 0 Å². The number of aromatic nitrogens is 2. The summed E-state index contributed by atoms with van der Waals surface area (Å²) < 4.78 is 0. The van der Waals surface area contributed by atoms with Crippen molar-refractivity contribution in [3.63, 3.8) is 0 Å². The topological polar surface area (TPSA) is 115 Å². The van der Waals surface area contributed by atoms with Crippen molar-refractivity contribution in [1.29, 1.82) is 0 Å². The minimum absolute atomic E-state index is 0.0549. The van der Waals surface area contributed by atoms with Crippen molar-refractivity contribution in [2.24, 2.45) is 5.41 Å². The van der Waals surface area contributed by atoms with Crippen LogP contribution >= 0.6 is 0 Å². The minimum atomic E-state index is -0.622. The lowest BCUT2D eigenvalue weighted by Crippen LogP contribution is -2.39. The van der Waals surface area contributed by atoms with Crippen molar-refractivity contribution < 1.29 is 9.90 Å². The van der Waals surface area contributed by atoms with Crippen molar-refractivity contribution in [2.75, 3.05) is 13.2 Å². The molecule has 1 heterocycles. The van der Waals surface area contributed by atoms with Crippen molar-refractivity contribution in [3.05, 3.63) is 32.6 Å². The van der Waals surface area contributed by atoms with Crippen LogP contribution in [0.1, 0.15) is 31.4 Å². The number of hydrogen-bond donors (Lipinski definition) is 4. The summed E-state index contributed by atoms with van der Waals surface area (Å²) in [5.74, 6) is -0.272. The van der Waals surface area contributed by atoms with Gasteiger partial charge in [0.1, 0.15) is 0 Å². The van der Waals surface area contributed by atoms with E-state index in [2.05, 4.69) is 10.3 Å². The predicted molar refractivity (Wildman–Crippen MR) is 72.4 cm³/mol. The van der Waals surface area contributed by atoms with Crippen LogP contribution < -0.4 is 16.6 Å². The van der Waals surface area contributed by atoms with E-state index >= 15 is 0 Å². The number of carbonyl (C=O) groups excluding carboxylic acids is 1. The monoisotopic (exact) mass is 281 g/mol. The number of H-pyrrole nitrogens is 2. The molecule has 7 nitrogen and oxygen atoms in total. The van der Waals surface area contributed by atoms with Gasteiger partial charge in [-0.05, 0) is 12.8 Å². The molecule has 0 radical (unpaired) electrons. The van der Waals surface area contributed by atoms with E-state index in [1.54, 1.807) is 0 Å². The lowest BCUT2D eigenvalue weighted by Gasteiger charge is -2.26. The Bertz CT molecular complexity index is 556. The third-order valence-corrected chi connectivity index (χ3v) is 3.83. The maximum atomic E-state index is 11.8. The summed E-state index contributed by atoms with van der Waals surface area (Å²) in [5.41, 5.74) is -1.08. The Hall–Kier alpha value is -1.89. The van der Waals surface area contributed by atoms with Gasteiger partial charge in [-0.25, -0.2) is 4.79 Å². The lowest BCUT2D eigenvalue weighted by atomic mass is 9.87. The highest BCUT2D eigenvalue weighted by molar-refractivity contribution is 5.78. The number of carbonyl (C=O) groups is 1. The van der Waals surface area contributed by atoms with Crippen molar-refractivity contribution in [2.45, 2.75) is 32.1 Å². The number of hydrogen-bond acceptors (Lipinski definition) is 4. The normalized spacial score (nSPS) is 17.1. The molecule has 1 aromatic rings. The molecule has 1 fully saturated rings. The summed E-state index contributed by atoms with van der Waals surface area (Å²) in [6.07, 6.45) is 3.90. The fourth-order valence-electron chi connectivity index (χ4n) is 2.65. The molecule has 1 aliphatic carbocycles. The number of aliphatic hydroxyl groups excluding tert-OH is 1. The van der Waals surface area contributed by atoms with Crippen LogP contribution in [0.2, 0.25) is 0 Å². The van der Waals surface area contributed by atoms with Crippen LogP contribution in [0.5, 0.6) is 0 Å². The van der Waals surface area contributed by atoms with E-state index < -0.39 is 11.2 Å². The maximum absolute atomic E-state index is 11.8. The van der Waals surface area contributed by atoms with Crippen LogP contribution in [0.4, 0.5) is 0 Å². The Morgan fingerprint density at radius 3 is 2.60 bits per heavy atom. The molecule has 110 valence electrons. The van der Waals surface area contributed by atoms with Gasteiger partial charge in [-0.15, -0.1) is 0 Å². The molecule has 7 heteroatoms. The van der Waals surface area contributed by atoms with E-state index in [-0.39, 0.29) is 30.0 Å². The highest BCUT2D eigenvalue weighted by Gasteiger charge is 2.33. The number of aliphatic hydroxyl groups is 1. The average molecular weight is 281 g/mol. The highest BCUT2D eigenvalue weighted by atomic mass is 16.3. The zero-order chi connectivity index (χ0) is 14.6. The number of rotatable bonds is 5. The summed E-state index contributed by atoms with van der Waals surface area (Å²) in [4.78, 5) is 38.5. The van der Waals surface area contributed by atoms with Gasteiger partial charge in [0.05, 0.1) is 13.0 Å². The second kappa shape index (κ2) is 6.04. The second-order valence-corrected chi connectivity index (χ2v) is 5.43. The summed E-state index contributed by atoms with van der Waals surface area (Å²) >= 11 is 0. The van der Waals surface area contributed by atoms with E-state index in [9.17, 15) is 19.5 Å². The van der Waals surface area contributed by atoms with Gasteiger partial charge in [-0.1, -0.05) is 12.8 Å². The molecule has 1 aromatic heterocycles. The Morgan fingerprint density at radius 1 is 1.30 bits per heavy atom. The highest BCUT2D eigenvalue weighted by Crippen LogP contribution is 2.36. The zero-order valence-electron chi connectivity index (χ0n) is 11.2. The fourth-order valence-corrected chi connectivity index (χ4v) is 2.65. The first-order valence-electron chi connectivity index (χ1n) is 6.73. The Kier molecular flexibility index (Phi) is 4.39. The van der Waals surface area contributed by atoms with Gasteiger partial charge < -0.3 is 15.4 Å². The first kappa shape index (κ1) is 14.5. The van der Waals surface area contributed by atoms with Crippen LogP contribution in [-0.4, -0.2) is 34.1 Å². The summed E-state index contributed by atoms with van der Waals surface area (Å²) in [6, 6.07) is 1.19. The van der Waals surface area contributed by atoms with E-state index in [1.807, 2.05) is 4.98 Å². The quantitative estimate of drug-likeness (QED) is 0.570. The van der Waals surface area contributed by atoms with Gasteiger partial charge in [0.15, 0.2) is 0 Å². The fraction of sp³-hybridized carbons (Fsp3) is 0.615. The molecule has 0 saturated heterocycles. The molecule has 0 aromatic carbocycles. The lowest BCUT2D eigenvalue weighted by molar-refractivity contribution is -0.121. The molecule has 0 unspecified atom stereocenters. The van der Waals surface area contributed by atoms with Crippen LogP contribution in [0.15, 0.2) is 15.7 Å². The molecule has 1 aliphatic rings. The third-order valence-electron chi connectivity index (χ3n) is 3.83. The van der Waals surface area contributed by atoms with Crippen molar-refractivity contribution >= 4 is 5.91 Å². The van der Waals surface area contributed by atoms with Gasteiger partial charge in [0, 0.05) is 23.7 Å². The Labute approximate surface area is 115 Å². The van der Waals surface area contributed by atoms with Crippen molar-refractivity contribution in [1.82, 2.24) is 15.3 Å². The zero-order valence-corrected chi connectivity index (χ0v) is 11.2. The molecule has 0 aliphatic heterocycles. The average Bonchev–Trinajstić information content (AvgIpc) is 2.84. The summed E-state index contributed by atoms with van der Waals surface area (Å²) in [5, 5.41) is 12.2. The summed E-state index contributed by atoms with van der Waals surface area (Å²) in [7, 11) is 0. The van der Waals surface area contributed by atoms with Gasteiger partial charge in [0.25, 0.3) is 5.56 Å². The summed E-state index contributed by atoms with van der Waals surface area (Å²) in [6.45, 7) is 0.491. The van der Waals surface area contributed by atoms with E-state index in [4.69, 9.17) is 0 Å². The smallest absolute Gasteiger partial charge is 0.325 e. The van der Waals surface area contributed by atoms with Crippen LogP contribution in [-0.2, 0) is 11.2 Å². The van der Waals surface area contributed by atoms with E-state index in [0.717, 1.165) is 25.7 Å². The van der Waals surface area contributed by atoms with E-state index in [0.29, 0.717) is 6.54 Å². The van der Waals surface area contributed by atoms with Gasteiger partial charge >= 0.3 is 5.69 Å². The molecule has 4 N–H and O–H groups in total. The molecule has 0 atom stereocenters. The van der Waals surface area contributed by atoms with Gasteiger partial charge in [-0.3, -0.25) is 14.6 Å². The second-order valence-electron chi connectivity index (χ2n) is 5.43. The molecule has 0 bridgehead atoms. The van der Waals surface area contributed by atoms with Crippen LogP contribution in [0, 0.1) is 5.41 Å². The number of nitrogens with one attached hydrogen (secondary N) is 3. The minimum Gasteiger partial charge on any atom is -0.396 e. The SMILES string of the molecule is O=C(Cc1cc(=O)[nH]c(=O)[nH]1)NCC1(CO)CCCC1. The Balaban J connectivity index is 1.92. The molecular formula is C13H19N3O4. The maximum Gasteiger partial charge on any atom is 0.325 e. The molecular weight excluding hydrogens is 262 g/mol.